The number of carboxylic acids is 1. The number of carbonyl (C=O) groups excluding carboxylic acids is 2. The number of amides is 3. The number of aliphatic hydroxyl groups excluding tert-OH is 1. The van der Waals surface area contributed by atoms with Crippen molar-refractivity contribution in [1.29, 1.82) is 0 Å². The van der Waals surface area contributed by atoms with Gasteiger partial charge in [-0.1, -0.05) is 0 Å². The summed E-state index contributed by atoms with van der Waals surface area (Å²) >= 11 is 0. The first-order valence-corrected chi connectivity index (χ1v) is 5.67. The third kappa shape index (κ3) is 3.59. The highest BCUT2D eigenvalue weighted by atomic mass is 16.4. The summed E-state index contributed by atoms with van der Waals surface area (Å²) in [6, 6.07) is -1.71. The van der Waals surface area contributed by atoms with Gasteiger partial charge in [0, 0.05) is 19.5 Å². The van der Waals surface area contributed by atoms with Gasteiger partial charge in [0.05, 0.1) is 12.6 Å². The van der Waals surface area contributed by atoms with Crippen LogP contribution in [0, 0.1) is 0 Å². The number of aliphatic carboxylic acids is 1. The van der Waals surface area contributed by atoms with Crippen molar-refractivity contribution >= 4 is 17.9 Å². The van der Waals surface area contributed by atoms with E-state index in [0.29, 0.717) is 6.54 Å². The summed E-state index contributed by atoms with van der Waals surface area (Å²) in [6.07, 6.45) is -0.842. The number of nitrogens with one attached hydrogen (secondary N) is 2. The normalized spacial score (nSPS) is 22.7. The predicted molar refractivity (Wildman–Crippen MR) is 60.8 cm³/mol. The average Bonchev–Trinajstić information content (AvgIpc) is 2.69. The summed E-state index contributed by atoms with van der Waals surface area (Å²) in [6.45, 7) is 1.94. The van der Waals surface area contributed by atoms with Crippen molar-refractivity contribution in [2.45, 2.75) is 25.5 Å². The molecule has 0 aliphatic carbocycles. The van der Waals surface area contributed by atoms with Crippen molar-refractivity contribution in [3.63, 3.8) is 0 Å². The predicted octanol–water partition coefficient (Wildman–Crippen LogP) is -1.65. The minimum atomic E-state index is -1.17. The molecule has 8 heteroatoms. The molecular formula is C10H17N3O5. The van der Waals surface area contributed by atoms with E-state index in [2.05, 4.69) is 10.6 Å². The Morgan fingerprint density at radius 1 is 1.33 bits per heavy atom. The SMILES string of the molecule is CCNC(=O)CNC(=O)N1C[C@@H](O)C[C@H]1C(=O)O. The molecule has 1 saturated heterocycles. The van der Waals surface area contributed by atoms with Gasteiger partial charge in [-0.15, -0.1) is 0 Å². The lowest BCUT2D eigenvalue weighted by atomic mass is 10.2. The summed E-state index contributed by atoms with van der Waals surface area (Å²) in [5.41, 5.74) is 0. The minimum absolute atomic E-state index is 0.00388. The van der Waals surface area contributed by atoms with Crippen LogP contribution in [-0.4, -0.2) is 64.8 Å². The second-order valence-corrected chi connectivity index (χ2v) is 4.01. The van der Waals surface area contributed by atoms with Gasteiger partial charge in [-0.2, -0.15) is 0 Å². The Balaban J connectivity index is 2.50. The van der Waals surface area contributed by atoms with Crippen LogP contribution >= 0.6 is 0 Å². The number of likely N-dealkylation sites (tertiary alicyclic amines) is 1. The van der Waals surface area contributed by atoms with Crippen molar-refractivity contribution in [3.8, 4) is 0 Å². The summed E-state index contributed by atoms with van der Waals surface area (Å²) in [4.78, 5) is 34.7. The van der Waals surface area contributed by atoms with Crippen molar-refractivity contribution in [1.82, 2.24) is 15.5 Å². The quantitative estimate of drug-likeness (QED) is 0.482. The van der Waals surface area contributed by atoms with E-state index < -0.39 is 24.1 Å². The standard InChI is InChI=1S/C10H17N3O5/c1-2-11-8(15)4-12-10(18)13-5-6(14)3-7(13)9(16)17/h6-7,14H,2-5H2,1H3,(H,11,15)(H,12,18)(H,16,17)/t6-,7-/m0/s1. The molecule has 2 atom stereocenters. The molecule has 1 aliphatic rings. The summed E-state index contributed by atoms with van der Waals surface area (Å²) in [5.74, 6) is -1.52. The van der Waals surface area contributed by atoms with Crippen LogP contribution in [-0.2, 0) is 9.59 Å². The van der Waals surface area contributed by atoms with Crippen molar-refractivity contribution in [3.05, 3.63) is 0 Å². The zero-order valence-corrected chi connectivity index (χ0v) is 10.0. The van der Waals surface area contributed by atoms with Crippen LogP contribution in [0.5, 0.6) is 0 Å². The smallest absolute Gasteiger partial charge is 0.326 e. The first-order valence-electron chi connectivity index (χ1n) is 5.67. The van der Waals surface area contributed by atoms with E-state index in [1.807, 2.05) is 0 Å². The maximum Gasteiger partial charge on any atom is 0.326 e. The summed E-state index contributed by atoms with van der Waals surface area (Å²) < 4.78 is 0. The van der Waals surface area contributed by atoms with Crippen molar-refractivity contribution in [2.75, 3.05) is 19.6 Å². The Hall–Kier alpha value is -1.83. The first-order chi connectivity index (χ1) is 8.45. The van der Waals surface area contributed by atoms with Crippen LogP contribution in [0.2, 0.25) is 0 Å². The fourth-order valence-electron chi connectivity index (χ4n) is 1.79. The molecule has 0 aromatic carbocycles. The molecule has 1 fully saturated rings. The maximum absolute atomic E-state index is 11.7. The number of β-amino-alcohol motifs (C(OH)–C–C–N with tert-alkyl or cyclic N) is 1. The van der Waals surface area contributed by atoms with E-state index in [1.165, 1.54) is 0 Å². The van der Waals surface area contributed by atoms with Crippen LogP contribution < -0.4 is 10.6 Å². The topological polar surface area (TPSA) is 119 Å². The zero-order chi connectivity index (χ0) is 13.7. The molecule has 0 spiro atoms. The number of urea groups is 1. The van der Waals surface area contributed by atoms with E-state index in [9.17, 15) is 19.5 Å². The highest BCUT2D eigenvalue weighted by molar-refractivity contribution is 5.87. The monoisotopic (exact) mass is 259 g/mol. The molecule has 3 amide bonds. The molecule has 8 nitrogen and oxygen atoms in total. The number of aliphatic hydroxyl groups is 1. The van der Waals surface area contributed by atoms with E-state index in [1.54, 1.807) is 6.92 Å². The van der Waals surface area contributed by atoms with Crippen molar-refractivity contribution < 1.29 is 24.6 Å². The maximum atomic E-state index is 11.7. The van der Waals surface area contributed by atoms with E-state index in [-0.39, 0.29) is 25.4 Å². The van der Waals surface area contributed by atoms with E-state index in [4.69, 9.17) is 5.11 Å². The molecular weight excluding hydrogens is 242 g/mol. The molecule has 1 aliphatic heterocycles. The fraction of sp³-hybridized carbons (Fsp3) is 0.700. The molecule has 18 heavy (non-hydrogen) atoms. The second-order valence-electron chi connectivity index (χ2n) is 4.01. The number of hydrogen-bond acceptors (Lipinski definition) is 4. The molecule has 0 bridgehead atoms. The summed E-state index contributed by atoms with van der Waals surface area (Å²) in [5, 5.41) is 23.1. The van der Waals surface area contributed by atoms with E-state index in [0.717, 1.165) is 4.90 Å². The second kappa shape index (κ2) is 6.20. The third-order valence-electron chi connectivity index (χ3n) is 2.60. The highest BCUT2D eigenvalue weighted by Crippen LogP contribution is 2.17. The molecule has 0 aromatic rings. The Morgan fingerprint density at radius 2 is 2.00 bits per heavy atom. The Labute approximate surface area is 104 Å². The summed E-state index contributed by atoms with van der Waals surface area (Å²) in [7, 11) is 0. The largest absolute Gasteiger partial charge is 0.480 e. The van der Waals surface area contributed by atoms with Gasteiger partial charge in [0.2, 0.25) is 5.91 Å². The molecule has 0 saturated carbocycles. The third-order valence-corrected chi connectivity index (χ3v) is 2.60. The average molecular weight is 259 g/mol. The lowest BCUT2D eigenvalue weighted by Crippen LogP contribution is -2.48. The number of hydrogen-bond donors (Lipinski definition) is 4. The molecule has 102 valence electrons. The zero-order valence-electron chi connectivity index (χ0n) is 10.0. The number of carbonyl (C=O) groups is 3. The fourth-order valence-corrected chi connectivity index (χ4v) is 1.79. The van der Waals surface area contributed by atoms with Gasteiger partial charge in [-0.05, 0) is 6.92 Å². The van der Waals surface area contributed by atoms with Gasteiger partial charge in [0.15, 0.2) is 0 Å². The molecule has 0 unspecified atom stereocenters. The van der Waals surface area contributed by atoms with Crippen LogP contribution in [0.3, 0.4) is 0 Å². The Morgan fingerprint density at radius 3 is 2.56 bits per heavy atom. The van der Waals surface area contributed by atoms with Crippen molar-refractivity contribution in [2.24, 2.45) is 0 Å². The van der Waals surface area contributed by atoms with Crippen LogP contribution in [0.4, 0.5) is 4.79 Å². The van der Waals surface area contributed by atoms with Crippen LogP contribution in [0.15, 0.2) is 0 Å². The van der Waals surface area contributed by atoms with Gasteiger partial charge in [0.25, 0.3) is 0 Å². The van der Waals surface area contributed by atoms with Gasteiger partial charge in [-0.3, -0.25) is 4.79 Å². The van der Waals surface area contributed by atoms with Gasteiger partial charge in [-0.25, -0.2) is 9.59 Å². The molecule has 0 radical (unpaired) electrons. The lowest BCUT2D eigenvalue weighted by Gasteiger charge is -2.21. The molecule has 0 aromatic heterocycles. The molecule has 1 rings (SSSR count). The first kappa shape index (κ1) is 14.2. The van der Waals surface area contributed by atoms with Gasteiger partial charge >= 0.3 is 12.0 Å². The number of likely N-dealkylation sites (N-methyl/N-ethyl adjacent to an activating group) is 1. The Bertz CT molecular complexity index is 346. The lowest BCUT2D eigenvalue weighted by molar-refractivity contribution is -0.141. The molecule has 4 N–H and O–H groups in total. The number of rotatable bonds is 4. The number of carboxylic acid groups (broad SMARTS) is 1. The minimum Gasteiger partial charge on any atom is -0.480 e. The Kier molecular flexibility index (Phi) is 4.90. The van der Waals surface area contributed by atoms with Gasteiger partial charge in [0.1, 0.15) is 6.04 Å². The van der Waals surface area contributed by atoms with E-state index >= 15 is 0 Å². The highest BCUT2D eigenvalue weighted by Gasteiger charge is 2.38. The van der Waals surface area contributed by atoms with Gasteiger partial charge < -0.3 is 25.7 Å². The van der Waals surface area contributed by atoms with Crippen LogP contribution in [0.25, 0.3) is 0 Å². The molecule has 1 heterocycles. The van der Waals surface area contributed by atoms with Crippen LogP contribution in [0.1, 0.15) is 13.3 Å². The number of nitrogens with zero attached hydrogens (tertiary/aromatic N) is 1.